The van der Waals surface area contributed by atoms with E-state index in [4.69, 9.17) is 0 Å². The number of rotatable bonds is 5. The quantitative estimate of drug-likeness (QED) is 0.898. The van der Waals surface area contributed by atoms with Gasteiger partial charge in [0.15, 0.2) is 0 Å². The molecule has 0 aliphatic carbocycles. The number of hydrogen-bond acceptors (Lipinski definition) is 3. The zero-order chi connectivity index (χ0) is 15.3. The van der Waals surface area contributed by atoms with Crippen LogP contribution in [0.1, 0.15) is 11.1 Å². The van der Waals surface area contributed by atoms with Gasteiger partial charge in [-0.2, -0.15) is 13.2 Å². The smallest absolute Gasteiger partial charge is 0.316 e. The molecule has 118 valence electrons. The lowest BCUT2D eigenvalue weighted by atomic mass is 10.1. The summed E-state index contributed by atoms with van der Waals surface area (Å²) in [6.45, 7) is 3.15. The number of piperazine rings is 1. The average molecular weight is 301 g/mol. The molecular weight excluding hydrogens is 279 g/mol. The van der Waals surface area contributed by atoms with E-state index < -0.39 is 12.7 Å². The van der Waals surface area contributed by atoms with Crippen molar-refractivity contribution >= 4 is 0 Å². The van der Waals surface area contributed by atoms with Crippen LogP contribution >= 0.6 is 0 Å². The molecule has 1 saturated heterocycles. The number of benzene rings is 1. The maximum Gasteiger partial charge on any atom is 0.401 e. The van der Waals surface area contributed by atoms with Crippen LogP contribution in [0.25, 0.3) is 0 Å². The minimum Gasteiger partial charge on any atom is -0.316 e. The van der Waals surface area contributed by atoms with E-state index in [1.54, 1.807) is 0 Å². The van der Waals surface area contributed by atoms with Gasteiger partial charge in [-0.25, -0.2) is 0 Å². The number of hydrogen-bond donors (Lipinski definition) is 1. The summed E-state index contributed by atoms with van der Waals surface area (Å²) in [6, 6.07) is 8.20. The molecule has 21 heavy (non-hydrogen) atoms. The summed E-state index contributed by atoms with van der Waals surface area (Å²) < 4.78 is 37.1. The summed E-state index contributed by atoms with van der Waals surface area (Å²) >= 11 is 0. The second kappa shape index (κ2) is 7.24. The predicted molar refractivity (Wildman–Crippen MR) is 77.0 cm³/mol. The first-order valence-electron chi connectivity index (χ1n) is 7.21. The first kappa shape index (κ1) is 16.3. The van der Waals surface area contributed by atoms with Gasteiger partial charge in [0.25, 0.3) is 0 Å². The molecule has 6 heteroatoms. The van der Waals surface area contributed by atoms with E-state index in [0.29, 0.717) is 26.2 Å². The van der Waals surface area contributed by atoms with Crippen LogP contribution in [-0.4, -0.2) is 55.7 Å². The van der Waals surface area contributed by atoms with E-state index >= 15 is 0 Å². The van der Waals surface area contributed by atoms with Crippen LogP contribution < -0.4 is 5.32 Å². The van der Waals surface area contributed by atoms with Crippen molar-refractivity contribution in [3.63, 3.8) is 0 Å². The molecule has 3 nitrogen and oxygen atoms in total. The summed E-state index contributed by atoms with van der Waals surface area (Å²) in [5.74, 6) is 0. The Kier molecular flexibility index (Phi) is 5.61. The molecule has 1 aromatic rings. The molecule has 0 radical (unpaired) electrons. The van der Waals surface area contributed by atoms with Crippen LogP contribution in [0, 0.1) is 0 Å². The molecule has 0 atom stereocenters. The van der Waals surface area contributed by atoms with Gasteiger partial charge in [0.1, 0.15) is 0 Å². The zero-order valence-corrected chi connectivity index (χ0v) is 12.3. The van der Waals surface area contributed by atoms with E-state index in [0.717, 1.165) is 13.1 Å². The monoisotopic (exact) mass is 301 g/mol. The minimum absolute atomic E-state index is 0.480. The van der Waals surface area contributed by atoms with Crippen molar-refractivity contribution in [2.75, 3.05) is 39.8 Å². The van der Waals surface area contributed by atoms with Gasteiger partial charge in [-0.05, 0) is 18.2 Å². The maximum atomic E-state index is 12.4. The van der Waals surface area contributed by atoms with Crippen molar-refractivity contribution in [3.8, 4) is 0 Å². The van der Waals surface area contributed by atoms with Gasteiger partial charge >= 0.3 is 6.18 Å². The lowest BCUT2D eigenvalue weighted by Crippen LogP contribution is -2.48. The Balaban J connectivity index is 1.86. The lowest BCUT2D eigenvalue weighted by molar-refractivity contribution is -0.149. The van der Waals surface area contributed by atoms with Gasteiger partial charge in [-0.15, -0.1) is 0 Å². The van der Waals surface area contributed by atoms with E-state index in [-0.39, 0.29) is 0 Å². The Hall–Kier alpha value is -1.11. The lowest BCUT2D eigenvalue weighted by Gasteiger charge is -2.35. The normalized spacial score (nSPS) is 18.1. The van der Waals surface area contributed by atoms with E-state index in [1.165, 1.54) is 16.0 Å². The summed E-state index contributed by atoms with van der Waals surface area (Å²) in [4.78, 5) is 3.71. The first-order valence-corrected chi connectivity index (χ1v) is 7.21. The molecule has 0 unspecified atom stereocenters. The third-order valence-electron chi connectivity index (χ3n) is 3.75. The maximum absolute atomic E-state index is 12.4. The number of nitrogens with zero attached hydrogens (tertiary/aromatic N) is 2. The van der Waals surface area contributed by atoms with Gasteiger partial charge in [0.05, 0.1) is 6.54 Å². The van der Waals surface area contributed by atoms with Crippen molar-refractivity contribution in [3.05, 3.63) is 35.4 Å². The summed E-state index contributed by atoms with van der Waals surface area (Å²) in [5, 5.41) is 3.14. The molecule has 0 aromatic heterocycles. The second-order valence-corrected chi connectivity index (χ2v) is 5.47. The van der Waals surface area contributed by atoms with Crippen molar-refractivity contribution < 1.29 is 13.2 Å². The molecule has 1 aliphatic heterocycles. The topological polar surface area (TPSA) is 18.5 Å². The third-order valence-corrected chi connectivity index (χ3v) is 3.75. The Bertz CT molecular complexity index is 440. The standard InChI is InChI=1S/C15H22F3N3/c1-19-10-13-4-2-3-5-14(13)11-20-6-8-21(9-7-20)12-15(16,17)18/h2-5,19H,6-12H2,1H3. The van der Waals surface area contributed by atoms with Gasteiger partial charge in [-0.3, -0.25) is 9.80 Å². The van der Waals surface area contributed by atoms with Gasteiger partial charge < -0.3 is 5.32 Å². The molecule has 1 aliphatic rings. The molecule has 1 aromatic carbocycles. The Labute approximate surface area is 123 Å². The van der Waals surface area contributed by atoms with Crippen LogP contribution in [0.3, 0.4) is 0 Å². The largest absolute Gasteiger partial charge is 0.401 e. The van der Waals surface area contributed by atoms with Crippen molar-refractivity contribution in [2.45, 2.75) is 19.3 Å². The first-order chi connectivity index (χ1) is 9.98. The SMILES string of the molecule is CNCc1ccccc1CN1CCN(CC(F)(F)F)CC1. The summed E-state index contributed by atoms with van der Waals surface area (Å²) in [5.41, 5.74) is 2.49. The second-order valence-electron chi connectivity index (χ2n) is 5.47. The average Bonchev–Trinajstić information content (AvgIpc) is 2.42. The third kappa shape index (κ3) is 5.30. The zero-order valence-electron chi connectivity index (χ0n) is 12.3. The highest BCUT2D eigenvalue weighted by Crippen LogP contribution is 2.18. The molecule has 0 bridgehead atoms. The van der Waals surface area contributed by atoms with Crippen LogP contribution in [0.15, 0.2) is 24.3 Å². The molecule has 0 amide bonds. The Morgan fingerprint density at radius 1 is 1.00 bits per heavy atom. The molecule has 1 fully saturated rings. The van der Waals surface area contributed by atoms with Crippen molar-refractivity contribution in [2.24, 2.45) is 0 Å². The highest BCUT2D eigenvalue weighted by Gasteiger charge is 2.32. The fraction of sp³-hybridized carbons (Fsp3) is 0.600. The van der Waals surface area contributed by atoms with E-state index in [1.807, 2.05) is 19.2 Å². The molecule has 0 saturated carbocycles. The van der Waals surface area contributed by atoms with Crippen molar-refractivity contribution in [1.29, 1.82) is 0 Å². The molecule has 1 heterocycles. The fourth-order valence-corrected chi connectivity index (χ4v) is 2.67. The van der Waals surface area contributed by atoms with Gasteiger partial charge in [0, 0.05) is 39.3 Å². The molecular formula is C15H22F3N3. The fourth-order valence-electron chi connectivity index (χ4n) is 2.67. The minimum atomic E-state index is -4.10. The molecule has 0 spiro atoms. The Morgan fingerprint density at radius 2 is 1.57 bits per heavy atom. The van der Waals surface area contributed by atoms with E-state index in [2.05, 4.69) is 22.3 Å². The predicted octanol–water partition coefficient (Wildman–Crippen LogP) is 2.09. The van der Waals surface area contributed by atoms with E-state index in [9.17, 15) is 13.2 Å². The van der Waals surface area contributed by atoms with Crippen LogP contribution in [0.4, 0.5) is 13.2 Å². The summed E-state index contributed by atoms with van der Waals surface area (Å²) in [6.07, 6.45) is -4.10. The molecule has 1 N–H and O–H groups in total. The highest BCUT2D eigenvalue weighted by molar-refractivity contribution is 5.27. The van der Waals surface area contributed by atoms with Crippen LogP contribution in [-0.2, 0) is 13.1 Å². The van der Waals surface area contributed by atoms with Gasteiger partial charge in [-0.1, -0.05) is 24.3 Å². The van der Waals surface area contributed by atoms with Crippen molar-refractivity contribution in [1.82, 2.24) is 15.1 Å². The number of halogens is 3. The van der Waals surface area contributed by atoms with Crippen LogP contribution in [0.5, 0.6) is 0 Å². The highest BCUT2D eigenvalue weighted by atomic mass is 19.4. The molecule has 2 rings (SSSR count). The van der Waals surface area contributed by atoms with Gasteiger partial charge in [0.2, 0.25) is 0 Å². The Morgan fingerprint density at radius 3 is 2.14 bits per heavy atom. The van der Waals surface area contributed by atoms with Crippen LogP contribution in [0.2, 0.25) is 0 Å². The number of nitrogens with one attached hydrogen (secondary N) is 1. The summed E-state index contributed by atoms with van der Waals surface area (Å²) in [7, 11) is 1.91. The number of alkyl halides is 3.